The molecule has 5 N–H and O–H groups in total. The van der Waals surface area contributed by atoms with Crippen LogP contribution in [0.3, 0.4) is 0 Å². The molecule has 0 radical (unpaired) electrons. The number of imidazole rings is 1. The van der Waals surface area contributed by atoms with E-state index in [1.54, 1.807) is 11.0 Å². The number of H-pyrrole nitrogens is 1. The number of nitrogens with two attached hydrogens (primary N) is 1. The quantitative estimate of drug-likeness (QED) is 0.374. The van der Waals surface area contributed by atoms with Crippen LogP contribution in [0.15, 0.2) is 24.4 Å². The first-order chi connectivity index (χ1) is 14.6. The van der Waals surface area contributed by atoms with Gasteiger partial charge in [-0.25, -0.2) is 4.98 Å². The summed E-state index contributed by atoms with van der Waals surface area (Å²) in [7, 11) is 0. The predicted octanol–water partition coefficient (Wildman–Crippen LogP) is 0.717. The highest BCUT2D eigenvalue weighted by Crippen LogP contribution is 2.32. The van der Waals surface area contributed by atoms with Crippen molar-refractivity contribution in [1.29, 1.82) is 0 Å². The number of nitrogens with zero attached hydrogens (tertiary/aromatic N) is 2. The molecular weight excluding hydrogens is 384 g/mol. The van der Waals surface area contributed by atoms with Gasteiger partial charge in [-0.1, -0.05) is 6.07 Å². The lowest BCUT2D eigenvalue weighted by Crippen LogP contribution is -2.52. The van der Waals surface area contributed by atoms with Crippen LogP contribution in [-0.2, 0) is 29.0 Å². The van der Waals surface area contributed by atoms with Gasteiger partial charge < -0.3 is 20.9 Å². The van der Waals surface area contributed by atoms with Gasteiger partial charge in [0.1, 0.15) is 11.9 Å². The molecule has 158 valence electrons. The van der Waals surface area contributed by atoms with Crippen LogP contribution in [0.4, 0.5) is 5.69 Å². The molecule has 1 aromatic heterocycles. The van der Waals surface area contributed by atoms with E-state index in [4.69, 9.17) is 5.73 Å². The molecule has 0 bridgehead atoms. The normalized spacial score (nSPS) is 18.5. The zero-order valence-corrected chi connectivity index (χ0v) is 16.7. The number of hydrogen-bond donors (Lipinski definition) is 4. The van der Waals surface area contributed by atoms with Gasteiger partial charge in [0.2, 0.25) is 11.8 Å². The summed E-state index contributed by atoms with van der Waals surface area (Å²) in [5, 5.41) is 5.75. The van der Waals surface area contributed by atoms with Gasteiger partial charge in [0, 0.05) is 61.1 Å². The molecule has 3 heterocycles. The highest BCUT2D eigenvalue weighted by Gasteiger charge is 2.39. The van der Waals surface area contributed by atoms with Crippen molar-refractivity contribution >= 4 is 23.4 Å². The van der Waals surface area contributed by atoms with E-state index in [0.717, 1.165) is 48.6 Å². The van der Waals surface area contributed by atoms with Crippen molar-refractivity contribution in [2.45, 2.75) is 44.7 Å². The fourth-order valence-electron chi connectivity index (χ4n) is 4.05. The van der Waals surface area contributed by atoms with Gasteiger partial charge in [0.25, 0.3) is 5.91 Å². The highest BCUT2D eigenvalue weighted by molar-refractivity contribution is 6.06. The molecule has 4 rings (SSSR count). The van der Waals surface area contributed by atoms with Crippen LogP contribution in [0.1, 0.15) is 46.7 Å². The second kappa shape index (κ2) is 8.66. The molecule has 1 aromatic carbocycles. The monoisotopic (exact) mass is 410 g/mol. The van der Waals surface area contributed by atoms with E-state index in [9.17, 15) is 14.4 Å². The summed E-state index contributed by atoms with van der Waals surface area (Å²) in [6, 6.07) is 4.98. The molecule has 2 aromatic rings. The zero-order chi connectivity index (χ0) is 21.1. The number of rotatable bonds is 8. The molecule has 1 atom stereocenters. The molecule has 30 heavy (non-hydrogen) atoms. The van der Waals surface area contributed by atoms with Crippen molar-refractivity contribution < 1.29 is 14.4 Å². The Morgan fingerprint density at radius 3 is 2.90 bits per heavy atom. The number of aryl methyl sites for hydroxylation is 1. The number of aromatic amines is 1. The van der Waals surface area contributed by atoms with Gasteiger partial charge in [-0.15, -0.1) is 0 Å². The van der Waals surface area contributed by atoms with Crippen LogP contribution in [0, 0.1) is 0 Å². The molecule has 1 saturated heterocycles. The average molecular weight is 410 g/mol. The number of imide groups is 1. The largest absolute Gasteiger partial charge is 0.385 e. The number of piperidine rings is 1. The van der Waals surface area contributed by atoms with Crippen molar-refractivity contribution in [3.63, 3.8) is 0 Å². The van der Waals surface area contributed by atoms with Gasteiger partial charge in [-0.05, 0) is 31.5 Å². The molecule has 9 heteroatoms. The van der Waals surface area contributed by atoms with E-state index in [2.05, 4.69) is 20.6 Å². The Morgan fingerprint density at radius 2 is 2.10 bits per heavy atom. The molecular formula is C21H26N6O3. The van der Waals surface area contributed by atoms with Crippen LogP contribution in [-0.4, -0.2) is 51.7 Å². The number of fused-ring (bicyclic) bond motifs is 1. The summed E-state index contributed by atoms with van der Waals surface area (Å²) in [5.41, 5.74) is 9.02. The minimum absolute atomic E-state index is 0.161. The Balaban J connectivity index is 1.36. The number of hydrogen-bond acceptors (Lipinski definition) is 6. The van der Waals surface area contributed by atoms with E-state index < -0.39 is 11.9 Å². The number of benzene rings is 1. The van der Waals surface area contributed by atoms with Crippen molar-refractivity contribution in [2.24, 2.45) is 5.73 Å². The Kier molecular flexibility index (Phi) is 5.80. The van der Waals surface area contributed by atoms with Gasteiger partial charge >= 0.3 is 0 Å². The van der Waals surface area contributed by atoms with E-state index in [-0.39, 0.29) is 18.2 Å². The van der Waals surface area contributed by atoms with Crippen LogP contribution in [0.5, 0.6) is 0 Å². The second-order valence-electron chi connectivity index (χ2n) is 7.66. The van der Waals surface area contributed by atoms with Crippen molar-refractivity contribution in [2.75, 3.05) is 18.4 Å². The number of anilines is 1. The smallest absolute Gasteiger partial charge is 0.255 e. The van der Waals surface area contributed by atoms with Crippen LogP contribution >= 0.6 is 0 Å². The average Bonchev–Trinajstić information content (AvgIpc) is 3.31. The first-order valence-electron chi connectivity index (χ1n) is 10.3. The van der Waals surface area contributed by atoms with Crippen molar-refractivity contribution in [3.05, 3.63) is 47.0 Å². The number of aromatic nitrogens is 2. The zero-order valence-electron chi connectivity index (χ0n) is 16.7. The summed E-state index contributed by atoms with van der Waals surface area (Å²) in [6.07, 6.45) is 4.93. The maximum Gasteiger partial charge on any atom is 0.255 e. The summed E-state index contributed by atoms with van der Waals surface area (Å²) < 4.78 is 0. The third-order valence-electron chi connectivity index (χ3n) is 5.58. The standard InChI is InChI=1S/C21H26N6O3/c22-9-8-13-11-24-18(25-13)5-2-10-23-16-4-1-3-14-15(16)12-27(21(14)30)17-6-7-19(28)26-20(17)29/h1,3-4,11,17,23H,2,5-10,12,22H2,(H,24,25)(H,26,28,29). The third kappa shape index (κ3) is 4.06. The molecule has 2 aliphatic heterocycles. The lowest BCUT2D eigenvalue weighted by atomic mass is 10.0. The van der Waals surface area contributed by atoms with Crippen LogP contribution in [0.2, 0.25) is 0 Å². The summed E-state index contributed by atoms with van der Waals surface area (Å²) >= 11 is 0. The molecule has 2 aliphatic rings. The van der Waals surface area contributed by atoms with Crippen molar-refractivity contribution in [3.8, 4) is 0 Å². The SMILES string of the molecule is NCCc1cnc(CCCNc2cccc3c2CN(C2CCC(=O)NC2=O)C3=O)[nH]1. The van der Waals surface area contributed by atoms with Crippen LogP contribution in [0.25, 0.3) is 0 Å². The first-order valence-corrected chi connectivity index (χ1v) is 10.3. The summed E-state index contributed by atoms with van der Waals surface area (Å²) in [4.78, 5) is 45.7. The van der Waals surface area contributed by atoms with Crippen molar-refractivity contribution in [1.82, 2.24) is 20.2 Å². The maximum absolute atomic E-state index is 12.9. The Labute approximate surface area is 174 Å². The molecule has 3 amide bonds. The second-order valence-corrected chi connectivity index (χ2v) is 7.66. The Bertz CT molecular complexity index is 969. The lowest BCUT2D eigenvalue weighted by Gasteiger charge is -2.29. The topological polar surface area (TPSA) is 133 Å². The molecule has 0 saturated carbocycles. The molecule has 0 aliphatic carbocycles. The minimum Gasteiger partial charge on any atom is -0.385 e. The van der Waals surface area contributed by atoms with E-state index in [1.807, 2.05) is 18.3 Å². The number of nitrogens with one attached hydrogen (secondary N) is 3. The van der Waals surface area contributed by atoms with Gasteiger partial charge in [0.05, 0.1) is 0 Å². The Hall–Kier alpha value is -3.20. The molecule has 0 spiro atoms. The summed E-state index contributed by atoms with van der Waals surface area (Å²) in [5.74, 6) is 0.104. The third-order valence-corrected chi connectivity index (χ3v) is 5.58. The predicted molar refractivity (Wildman–Crippen MR) is 111 cm³/mol. The maximum atomic E-state index is 12.9. The lowest BCUT2D eigenvalue weighted by molar-refractivity contribution is -0.136. The number of amides is 3. The molecule has 1 fully saturated rings. The molecule has 1 unspecified atom stereocenters. The van der Waals surface area contributed by atoms with E-state index in [0.29, 0.717) is 25.1 Å². The van der Waals surface area contributed by atoms with Crippen LogP contribution < -0.4 is 16.4 Å². The van der Waals surface area contributed by atoms with Gasteiger partial charge in [-0.2, -0.15) is 0 Å². The number of carbonyl (C=O) groups is 3. The Morgan fingerprint density at radius 1 is 1.23 bits per heavy atom. The van der Waals surface area contributed by atoms with E-state index >= 15 is 0 Å². The van der Waals surface area contributed by atoms with E-state index in [1.165, 1.54) is 0 Å². The summed E-state index contributed by atoms with van der Waals surface area (Å²) in [6.45, 7) is 1.69. The highest BCUT2D eigenvalue weighted by atomic mass is 16.2. The minimum atomic E-state index is -0.600. The first kappa shape index (κ1) is 20.1. The molecule has 9 nitrogen and oxygen atoms in total. The fourth-order valence-corrected chi connectivity index (χ4v) is 4.05. The van der Waals surface area contributed by atoms with Gasteiger partial charge in [-0.3, -0.25) is 19.7 Å². The fraction of sp³-hybridized carbons (Fsp3) is 0.429. The van der Waals surface area contributed by atoms with Gasteiger partial charge in [0.15, 0.2) is 0 Å². The number of carbonyl (C=O) groups excluding carboxylic acids is 3.